The van der Waals surface area contributed by atoms with Gasteiger partial charge in [0, 0.05) is 11.6 Å². The van der Waals surface area contributed by atoms with E-state index in [2.05, 4.69) is 5.32 Å². The number of carbonyl (C=O) groups is 2. The highest BCUT2D eigenvalue weighted by Gasteiger charge is 2.14. The van der Waals surface area contributed by atoms with E-state index in [9.17, 15) is 14.0 Å². The molecule has 0 heterocycles. The van der Waals surface area contributed by atoms with E-state index in [0.29, 0.717) is 6.42 Å². The second-order valence-corrected chi connectivity index (χ2v) is 6.42. The molecule has 0 bridgehead atoms. The van der Waals surface area contributed by atoms with E-state index in [-0.39, 0.29) is 16.6 Å². The van der Waals surface area contributed by atoms with Gasteiger partial charge in [-0.3, -0.25) is 4.79 Å². The predicted octanol–water partition coefficient (Wildman–Crippen LogP) is 4.61. The fraction of sp³-hybridized carbons (Fsp3) is 0.238. The van der Waals surface area contributed by atoms with Crippen molar-refractivity contribution in [1.29, 1.82) is 0 Å². The van der Waals surface area contributed by atoms with Crippen LogP contribution in [-0.4, -0.2) is 18.5 Å². The molecule has 0 aliphatic rings. The van der Waals surface area contributed by atoms with Crippen molar-refractivity contribution < 1.29 is 18.7 Å². The average molecular weight is 390 g/mol. The first-order chi connectivity index (χ1) is 12.9. The van der Waals surface area contributed by atoms with Gasteiger partial charge in [0.25, 0.3) is 5.91 Å². The average Bonchev–Trinajstić information content (AvgIpc) is 2.65. The Kier molecular flexibility index (Phi) is 7.55. The first-order valence-corrected chi connectivity index (χ1v) is 8.93. The molecule has 0 unspecified atom stereocenters. The summed E-state index contributed by atoms with van der Waals surface area (Å²) in [6, 6.07) is 11.9. The van der Waals surface area contributed by atoms with Crippen LogP contribution < -0.4 is 5.32 Å². The van der Waals surface area contributed by atoms with E-state index >= 15 is 0 Å². The van der Waals surface area contributed by atoms with Crippen molar-refractivity contribution in [2.75, 3.05) is 6.61 Å². The third-order valence-corrected chi connectivity index (χ3v) is 4.28. The molecule has 1 N–H and O–H groups in total. The second kappa shape index (κ2) is 9.88. The highest BCUT2D eigenvalue weighted by atomic mass is 35.5. The first-order valence-electron chi connectivity index (χ1n) is 8.55. The fourth-order valence-corrected chi connectivity index (χ4v) is 2.69. The summed E-state index contributed by atoms with van der Waals surface area (Å²) in [4.78, 5) is 23.8. The Labute approximate surface area is 163 Å². The van der Waals surface area contributed by atoms with Crippen LogP contribution in [0.25, 0.3) is 6.08 Å². The van der Waals surface area contributed by atoms with Crippen LogP contribution in [0.1, 0.15) is 36.1 Å². The van der Waals surface area contributed by atoms with Gasteiger partial charge in [0.2, 0.25) is 0 Å². The van der Waals surface area contributed by atoms with Crippen LogP contribution in [0.4, 0.5) is 4.39 Å². The molecule has 0 saturated carbocycles. The highest BCUT2D eigenvalue weighted by Crippen LogP contribution is 2.20. The molecule has 2 aromatic carbocycles. The van der Waals surface area contributed by atoms with Crippen molar-refractivity contribution in [3.63, 3.8) is 0 Å². The zero-order chi connectivity index (χ0) is 19.8. The summed E-state index contributed by atoms with van der Waals surface area (Å²) in [5.74, 6) is -1.71. The van der Waals surface area contributed by atoms with Gasteiger partial charge in [-0.2, -0.15) is 0 Å². The molecule has 0 spiro atoms. The van der Waals surface area contributed by atoms with Gasteiger partial charge in [-0.25, -0.2) is 9.18 Å². The molecular weight excluding hydrogens is 369 g/mol. The number of hydrogen-bond acceptors (Lipinski definition) is 3. The molecule has 4 nitrogen and oxygen atoms in total. The van der Waals surface area contributed by atoms with E-state index in [1.54, 1.807) is 0 Å². The smallest absolute Gasteiger partial charge is 0.331 e. The Bertz CT molecular complexity index is 814. The molecule has 1 atom stereocenters. The minimum absolute atomic E-state index is 0.0889. The Hall–Kier alpha value is -2.66. The van der Waals surface area contributed by atoms with Crippen LogP contribution in [-0.2, 0) is 14.3 Å². The molecular formula is C21H21ClFNO3. The Balaban J connectivity index is 1.88. The Morgan fingerprint density at radius 3 is 2.56 bits per heavy atom. The summed E-state index contributed by atoms with van der Waals surface area (Å²) in [5.41, 5.74) is 2.21. The standard InChI is InChI=1S/C21H21ClFNO3/c1-3-19(15-9-7-14(2)8-10-15)24-20(25)13-27-21(26)12-11-16-17(22)5-4-6-18(16)23/h4-12,19H,3,13H2,1-2H3,(H,24,25)/b12-11+/t19-/m0/s1. The number of carbonyl (C=O) groups excluding carboxylic acids is 2. The lowest BCUT2D eigenvalue weighted by molar-refractivity contribution is -0.144. The zero-order valence-corrected chi connectivity index (χ0v) is 15.9. The lowest BCUT2D eigenvalue weighted by Gasteiger charge is -2.17. The molecule has 0 radical (unpaired) electrons. The van der Waals surface area contributed by atoms with Crippen LogP contribution in [0.3, 0.4) is 0 Å². The van der Waals surface area contributed by atoms with Gasteiger partial charge in [-0.15, -0.1) is 0 Å². The molecule has 6 heteroatoms. The summed E-state index contributed by atoms with van der Waals surface area (Å²) in [6.07, 6.45) is 2.96. The largest absolute Gasteiger partial charge is 0.452 e. The van der Waals surface area contributed by atoms with Gasteiger partial charge in [-0.1, -0.05) is 54.4 Å². The topological polar surface area (TPSA) is 55.4 Å². The normalized spacial score (nSPS) is 12.0. The summed E-state index contributed by atoms with van der Waals surface area (Å²) in [7, 11) is 0. The van der Waals surface area contributed by atoms with Crippen molar-refractivity contribution in [2.45, 2.75) is 26.3 Å². The van der Waals surface area contributed by atoms with Crippen molar-refractivity contribution >= 4 is 29.6 Å². The quantitative estimate of drug-likeness (QED) is 0.555. The second-order valence-electron chi connectivity index (χ2n) is 6.02. The minimum atomic E-state index is -0.757. The van der Waals surface area contributed by atoms with Crippen molar-refractivity contribution in [3.8, 4) is 0 Å². The number of benzene rings is 2. The Morgan fingerprint density at radius 1 is 1.22 bits per heavy atom. The molecule has 1 amide bonds. The molecule has 142 valence electrons. The lowest BCUT2D eigenvalue weighted by atomic mass is 10.0. The number of rotatable bonds is 7. The minimum Gasteiger partial charge on any atom is -0.452 e. The van der Waals surface area contributed by atoms with Gasteiger partial charge < -0.3 is 10.1 Å². The van der Waals surface area contributed by atoms with E-state index in [1.807, 2.05) is 38.1 Å². The van der Waals surface area contributed by atoms with Crippen molar-refractivity contribution in [3.05, 3.63) is 76.1 Å². The number of ether oxygens (including phenoxy) is 1. The molecule has 0 fully saturated rings. The number of hydrogen-bond donors (Lipinski definition) is 1. The van der Waals surface area contributed by atoms with Gasteiger partial charge in [-0.05, 0) is 37.1 Å². The predicted molar refractivity (Wildman–Crippen MR) is 104 cm³/mol. The van der Waals surface area contributed by atoms with Crippen LogP contribution in [0.15, 0.2) is 48.5 Å². The number of aryl methyl sites for hydroxylation is 1. The third kappa shape index (κ3) is 6.22. The summed E-state index contributed by atoms with van der Waals surface area (Å²) < 4.78 is 18.5. The SMILES string of the molecule is CC[C@H](NC(=O)COC(=O)/C=C/c1c(F)cccc1Cl)c1ccc(C)cc1. The molecule has 0 aliphatic heterocycles. The summed E-state index contributed by atoms with van der Waals surface area (Å²) >= 11 is 5.87. The first kappa shape index (κ1) is 20.6. The van der Waals surface area contributed by atoms with Gasteiger partial charge in [0.1, 0.15) is 5.82 Å². The summed E-state index contributed by atoms with van der Waals surface area (Å²) in [6.45, 7) is 3.53. The van der Waals surface area contributed by atoms with Crippen LogP contribution in [0.5, 0.6) is 0 Å². The van der Waals surface area contributed by atoms with Crippen molar-refractivity contribution in [1.82, 2.24) is 5.32 Å². The maximum absolute atomic E-state index is 13.6. The number of esters is 1. The third-order valence-electron chi connectivity index (χ3n) is 3.95. The lowest BCUT2D eigenvalue weighted by Crippen LogP contribution is -2.32. The molecule has 27 heavy (non-hydrogen) atoms. The fourth-order valence-electron chi connectivity index (χ4n) is 2.46. The van der Waals surface area contributed by atoms with Crippen molar-refractivity contribution in [2.24, 2.45) is 0 Å². The van der Waals surface area contributed by atoms with Crippen LogP contribution >= 0.6 is 11.6 Å². The molecule has 2 rings (SSSR count). The maximum Gasteiger partial charge on any atom is 0.331 e. The van der Waals surface area contributed by atoms with E-state index in [1.165, 1.54) is 24.3 Å². The zero-order valence-electron chi connectivity index (χ0n) is 15.2. The van der Waals surface area contributed by atoms with Crippen LogP contribution in [0, 0.1) is 12.7 Å². The van der Waals surface area contributed by atoms with E-state index in [0.717, 1.165) is 17.2 Å². The molecule has 0 aromatic heterocycles. The number of amides is 1. The van der Waals surface area contributed by atoms with Gasteiger partial charge in [0.15, 0.2) is 6.61 Å². The van der Waals surface area contributed by atoms with Gasteiger partial charge >= 0.3 is 5.97 Å². The Morgan fingerprint density at radius 2 is 1.93 bits per heavy atom. The molecule has 0 aliphatic carbocycles. The van der Waals surface area contributed by atoms with E-state index in [4.69, 9.17) is 16.3 Å². The highest BCUT2D eigenvalue weighted by molar-refractivity contribution is 6.32. The van der Waals surface area contributed by atoms with E-state index < -0.39 is 24.3 Å². The number of nitrogens with one attached hydrogen (secondary N) is 1. The van der Waals surface area contributed by atoms with Gasteiger partial charge in [0.05, 0.1) is 11.1 Å². The maximum atomic E-state index is 13.6. The summed E-state index contributed by atoms with van der Waals surface area (Å²) in [5, 5.41) is 3.01. The monoisotopic (exact) mass is 389 g/mol. The molecule has 0 saturated heterocycles. The molecule has 2 aromatic rings. The number of halogens is 2. The van der Waals surface area contributed by atoms with Crippen LogP contribution in [0.2, 0.25) is 5.02 Å².